The van der Waals surface area contributed by atoms with Crippen molar-refractivity contribution in [2.45, 2.75) is 3.53 Å². The van der Waals surface area contributed by atoms with Gasteiger partial charge in [0.1, 0.15) is 0 Å². The first-order valence-corrected chi connectivity index (χ1v) is 4.24. The van der Waals surface area contributed by atoms with Gasteiger partial charge in [0, 0.05) is 59.4 Å². The Kier molecular flexibility index (Phi) is 92.1. The third kappa shape index (κ3) is 27.1. The third-order valence-electron chi connectivity index (χ3n) is 0. The predicted molar refractivity (Wildman–Crippen MR) is 33.6 cm³/mol. The van der Waals surface area contributed by atoms with Crippen LogP contribution in [0.15, 0.2) is 0 Å². The molecule has 0 aliphatic carbocycles. The van der Waals surface area contributed by atoms with Crippen LogP contribution in [0.3, 0.4) is 0 Å². The van der Waals surface area contributed by atoms with Gasteiger partial charge < -0.3 is 0 Å². The molecule has 6 heavy (non-hydrogen) atoms. The molecular weight excluding hydrogens is 361 g/mol. The van der Waals surface area contributed by atoms with Gasteiger partial charge in [-0.2, -0.15) is 0 Å². The topological polar surface area (TPSA) is 0 Å². The summed E-state index contributed by atoms with van der Waals surface area (Å²) in [7, 11) is 0. The van der Waals surface area contributed by atoms with Crippen molar-refractivity contribution in [1.82, 2.24) is 0 Å². The molecule has 0 aromatic heterocycles. The van der Waals surface area contributed by atoms with Crippen LogP contribution in [0.2, 0.25) is 3.53 Å². The van der Waals surface area contributed by atoms with Crippen molar-refractivity contribution in [2.75, 3.05) is 0 Å². The number of rotatable bonds is 0. The molecule has 0 amide bonds. The molecule has 0 N–H and O–H groups in total. The first kappa shape index (κ1) is 22.9. The van der Waals surface area contributed by atoms with Gasteiger partial charge in [-0.05, 0) is 0 Å². The molecule has 0 saturated carbocycles. The van der Waals surface area contributed by atoms with Gasteiger partial charge >= 0.3 is 40.7 Å². The van der Waals surface area contributed by atoms with Gasteiger partial charge in [0.25, 0.3) is 0 Å². The van der Waals surface area contributed by atoms with Crippen molar-refractivity contribution in [1.29, 1.82) is 0 Å². The molecular formula is CH2Ga5. The van der Waals surface area contributed by atoms with Crippen LogP contribution in [0.4, 0.5) is 0 Å². The van der Waals surface area contributed by atoms with Crippen molar-refractivity contribution in [3.8, 4) is 0 Å². The number of hydrogen-bond donors (Lipinski definition) is 0. The Bertz CT molecular complexity index is 3.90. The summed E-state index contributed by atoms with van der Waals surface area (Å²) in [5.74, 6) is 0. The van der Waals surface area contributed by atoms with Crippen molar-refractivity contribution >= 4 is 96.6 Å². The molecule has 0 fully saturated rings. The second kappa shape index (κ2) is 24.1. The van der Waals surface area contributed by atoms with E-state index in [9.17, 15) is 0 Å². The molecule has 0 aliphatic heterocycles. The Morgan fingerprint density at radius 3 is 0.833 bits per heavy atom. The summed E-state index contributed by atoms with van der Waals surface area (Å²) in [5.41, 5.74) is 0. The van der Waals surface area contributed by atoms with Gasteiger partial charge in [0.05, 0.1) is 0 Å². The molecule has 13 radical (unpaired) electrons. The Morgan fingerprint density at radius 2 is 0.833 bits per heavy atom. The van der Waals surface area contributed by atoms with E-state index in [0.29, 0.717) is 0 Å². The van der Waals surface area contributed by atoms with Crippen LogP contribution in [0.1, 0.15) is 0 Å². The molecule has 0 heterocycles. The normalized spacial score (nSPS) is 2.67. The zero-order valence-corrected chi connectivity index (χ0v) is 15.7. The standard InChI is InChI=1S/CH2.5Ga/h1H2;;;;;. The minimum absolute atomic E-state index is 0. The molecule has 0 atom stereocenters. The Morgan fingerprint density at radius 1 is 0.833 bits per heavy atom. The second-order valence-electron chi connectivity index (χ2n) is 0.236. The molecule has 0 spiro atoms. The fourth-order valence-electron chi connectivity index (χ4n) is 0. The van der Waals surface area contributed by atoms with E-state index in [1.165, 1.54) is 3.53 Å². The van der Waals surface area contributed by atoms with Gasteiger partial charge in [0.2, 0.25) is 0 Å². The zero-order valence-electron chi connectivity index (χ0n) is 3.59. The summed E-state index contributed by atoms with van der Waals surface area (Å²) < 4.78 is 1.38. The van der Waals surface area contributed by atoms with E-state index in [1.807, 2.05) is 37.2 Å². The molecule has 0 nitrogen and oxygen atoms in total. The average molecular weight is 363 g/mol. The van der Waals surface area contributed by atoms with Crippen molar-refractivity contribution in [2.24, 2.45) is 0 Å². The van der Waals surface area contributed by atoms with Crippen LogP contribution in [-0.4, -0.2) is 96.6 Å². The zero-order chi connectivity index (χ0) is 2.71. The summed E-state index contributed by atoms with van der Waals surface area (Å²) >= 11 is 3.62. The van der Waals surface area contributed by atoms with Gasteiger partial charge in [-0.25, -0.2) is 0 Å². The van der Waals surface area contributed by atoms with Gasteiger partial charge in [-0.15, -0.1) is 0 Å². The fraction of sp³-hybridized carbons (Fsp3) is 1.00. The Hall–Kier alpha value is 3.18. The van der Waals surface area contributed by atoms with E-state index in [1.54, 1.807) is 0 Å². The molecule has 0 saturated heterocycles. The van der Waals surface area contributed by atoms with Crippen molar-refractivity contribution < 1.29 is 0 Å². The van der Waals surface area contributed by atoms with Crippen LogP contribution in [0.5, 0.6) is 0 Å². The maximum atomic E-state index is 1.81. The molecule has 0 aromatic rings. The first-order chi connectivity index (χ1) is 1.41. The van der Waals surface area contributed by atoms with E-state index in [4.69, 9.17) is 0 Å². The summed E-state index contributed by atoms with van der Waals surface area (Å²) in [6.45, 7) is 0. The summed E-state index contributed by atoms with van der Waals surface area (Å²) in [5, 5.41) is 0. The van der Waals surface area contributed by atoms with Crippen LogP contribution >= 0.6 is 0 Å². The number of hydrogen-bond acceptors (Lipinski definition) is 0. The van der Waals surface area contributed by atoms with E-state index < -0.39 is 0 Å². The SMILES string of the molecule is [Ga].[Ga].[Ga].[Ga][CH2][Ga]. The summed E-state index contributed by atoms with van der Waals surface area (Å²) in [6, 6.07) is 0. The van der Waals surface area contributed by atoms with Gasteiger partial charge in [-0.3, -0.25) is 0 Å². The minimum atomic E-state index is 0. The van der Waals surface area contributed by atoms with Crippen molar-refractivity contribution in [3.05, 3.63) is 0 Å². The predicted octanol–water partition coefficient (Wildman–Crippen LogP) is -1.44. The third-order valence-corrected chi connectivity index (χ3v) is 0. The molecule has 0 aromatic carbocycles. The van der Waals surface area contributed by atoms with E-state index in [-0.39, 0.29) is 59.4 Å². The monoisotopic (exact) mass is 359 g/mol. The van der Waals surface area contributed by atoms with E-state index >= 15 is 0 Å². The van der Waals surface area contributed by atoms with Gasteiger partial charge in [-0.1, -0.05) is 0 Å². The molecule has 0 aliphatic rings. The van der Waals surface area contributed by atoms with Crippen LogP contribution < -0.4 is 0 Å². The molecule has 0 bridgehead atoms. The van der Waals surface area contributed by atoms with Crippen LogP contribution in [0, 0.1) is 0 Å². The fourth-order valence-corrected chi connectivity index (χ4v) is 0. The van der Waals surface area contributed by atoms with Crippen LogP contribution in [0.25, 0.3) is 0 Å². The maximum absolute atomic E-state index is 1.81. The Balaban J connectivity index is -0.00000000667. The van der Waals surface area contributed by atoms with E-state index in [0.717, 1.165) is 0 Å². The molecule has 0 unspecified atom stereocenters. The van der Waals surface area contributed by atoms with Gasteiger partial charge in [0.15, 0.2) is 0 Å². The average Bonchev–Trinajstić information content (AvgIpc) is 0.918. The second-order valence-corrected chi connectivity index (χ2v) is 6.36. The molecule has 21 valence electrons. The quantitative estimate of drug-likeness (QED) is 0.463. The molecule has 5 heteroatoms. The summed E-state index contributed by atoms with van der Waals surface area (Å²) in [4.78, 5) is 0. The van der Waals surface area contributed by atoms with Crippen molar-refractivity contribution in [3.63, 3.8) is 0 Å². The molecule has 0 rings (SSSR count). The summed E-state index contributed by atoms with van der Waals surface area (Å²) in [6.07, 6.45) is 0. The first-order valence-electron chi connectivity index (χ1n) is 0.816. The Labute approximate surface area is 98.4 Å². The van der Waals surface area contributed by atoms with Crippen LogP contribution in [-0.2, 0) is 0 Å². The van der Waals surface area contributed by atoms with E-state index in [2.05, 4.69) is 0 Å².